The Bertz CT molecular complexity index is 724. The second-order valence-corrected chi connectivity index (χ2v) is 11.8. The zero-order valence-electron chi connectivity index (χ0n) is 21.8. The second kappa shape index (κ2) is 10.2. The molecule has 1 N–H and O–H groups in total. The van der Waals surface area contributed by atoms with Crippen molar-refractivity contribution < 1.29 is 0 Å². The minimum atomic E-state index is 0.183. The van der Waals surface area contributed by atoms with Gasteiger partial charge in [0.1, 0.15) is 0 Å². The quantitative estimate of drug-likeness (QED) is 0.403. The molecular weight excluding hydrogens is 374 g/mol. The van der Waals surface area contributed by atoms with E-state index in [4.69, 9.17) is 0 Å². The molecule has 0 bridgehead atoms. The predicted octanol–water partition coefficient (Wildman–Crippen LogP) is 9.35. The maximum atomic E-state index is 3.58. The maximum Gasteiger partial charge on any atom is 0.0384 e. The minimum Gasteiger partial charge on any atom is -0.356 e. The average Bonchev–Trinajstić information content (AvgIpc) is 2.67. The highest BCUT2D eigenvalue weighted by Crippen LogP contribution is 2.37. The Hall–Kier alpha value is -1.76. The van der Waals surface area contributed by atoms with E-state index >= 15 is 0 Å². The Morgan fingerprint density at radius 3 is 1.10 bits per heavy atom. The fourth-order valence-electron chi connectivity index (χ4n) is 4.71. The van der Waals surface area contributed by atoms with Crippen LogP contribution in [0, 0.1) is 23.7 Å². The number of hydrogen-bond acceptors (Lipinski definition) is 1. The van der Waals surface area contributed by atoms with Crippen molar-refractivity contribution in [3.05, 3.63) is 59.7 Å². The smallest absolute Gasteiger partial charge is 0.0384 e. The topological polar surface area (TPSA) is 12.0 Å². The van der Waals surface area contributed by atoms with E-state index in [2.05, 4.69) is 123 Å². The van der Waals surface area contributed by atoms with E-state index in [9.17, 15) is 0 Å². The molecule has 2 aromatic rings. The summed E-state index contributed by atoms with van der Waals surface area (Å²) < 4.78 is 0. The van der Waals surface area contributed by atoms with Crippen molar-refractivity contribution in [2.24, 2.45) is 23.7 Å². The molecule has 1 nitrogen and oxygen atoms in total. The highest BCUT2D eigenvalue weighted by molar-refractivity contribution is 5.60. The van der Waals surface area contributed by atoms with Crippen LogP contribution in [0.15, 0.2) is 48.5 Å². The number of rotatable bonds is 10. The third-order valence-electron chi connectivity index (χ3n) is 7.66. The van der Waals surface area contributed by atoms with Crippen LogP contribution in [-0.2, 0) is 10.8 Å². The number of anilines is 2. The van der Waals surface area contributed by atoms with Gasteiger partial charge in [-0.25, -0.2) is 0 Å². The average molecular weight is 422 g/mol. The van der Waals surface area contributed by atoms with Gasteiger partial charge in [-0.1, -0.05) is 93.5 Å². The van der Waals surface area contributed by atoms with Crippen molar-refractivity contribution in [2.45, 2.75) is 92.9 Å². The molecular formula is C30H47N. The lowest BCUT2D eigenvalue weighted by molar-refractivity contribution is 0.291. The molecule has 0 aliphatic carbocycles. The molecule has 172 valence electrons. The fourth-order valence-corrected chi connectivity index (χ4v) is 4.71. The van der Waals surface area contributed by atoms with Gasteiger partial charge in [0.2, 0.25) is 0 Å². The standard InChI is InChI=1S/C30H47N/c1-21(2)19-23(5)29(7,8)25-11-15-27(16-12-25)31-28-17-13-26(14-18-28)30(9,10)24(6)20-22(3)4/h11-18,21-24,31H,19-20H2,1-10H3. The van der Waals surface area contributed by atoms with E-state index in [1.807, 2.05) is 0 Å². The predicted molar refractivity (Wildman–Crippen MR) is 139 cm³/mol. The van der Waals surface area contributed by atoms with Crippen LogP contribution in [0.2, 0.25) is 0 Å². The van der Waals surface area contributed by atoms with Crippen molar-refractivity contribution >= 4 is 11.4 Å². The summed E-state index contributed by atoms with van der Waals surface area (Å²) >= 11 is 0. The van der Waals surface area contributed by atoms with Crippen LogP contribution < -0.4 is 5.32 Å². The van der Waals surface area contributed by atoms with Gasteiger partial charge in [0.15, 0.2) is 0 Å². The summed E-state index contributed by atoms with van der Waals surface area (Å²) in [6.07, 6.45) is 2.51. The second-order valence-electron chi connectivity index (χ2n) is 11.8. The molecule has 0 saturated heterocycles. The van der Waals surface area contributed by atoms with Crippen molar-refractivity contribution in [1.82, 2.24) is 0 Å². The van der Waals surface area contributed by atoms with Gasteiger partial charge in [0, 0.05) is 11.4 Å². The molecule has 0 heterocycles. The molecule has 2 unspecified atom stereocenters. The molecule has 0 spiro atoms. The number of hydrogen-bond donors (Lipinski definition) is 1. The minimum absolute atomic E-state index is 0.183. The Morgan fingerprint density at radius 1 is 0.548 bits per heavy atom. The third-order valence-corrected chi connectivity index (χ3v) is 7.66. The summed E-state index contributed by atoms with van der Waals surface area (Å²) in [4.78, 5) is 0. The molecule has 0 radical (unpaired) electrons. The van der Waals surface area contributed by atoms with Crippen LogP contribution in [0.4, 0.5) is 11.4 Å². The molecule has 1 heteroatoms. The summed E-state index contributed by atoms with van der Waals surface area (Å²) in [6, 6.07) is 18.1. The first-order valence-corrected chi connectivity index (χ1v) is 12.3. The van der Waals surface area contributed by atoms with Gasteiger partial charge in [-0.3, -0.25) is 0 Å². The molecule has 2 atom stereocenters. The lowest BCUT2D eigenvalue weighted by Crippen LogP contribution is -2.27. The van der Waals surface area contributed by atoms with Gasteiger partial charge in [-0.2, -0.15) is 0 Å². The van der Waals surface area contributed by atoms with Crippen LogP contribution in [-0.4, -0.2) is 0 Å². The zero-order chi connectivity index (χ0) is 23.4. The molecule has 31 heavy (non-hydrogen) atoms. The highest BCUT2D eigenvalue weighted by atomic mass is 14.9. The van der Waals surface area contributed by atoms with Crippen LogP contribution in [0.25, 0.3) is 0 Å². The van der Waals surface area contributed by atoms with Gasteiger partial charge in [-0.15, -0.1) is 0 Å². The van der Waals surface area contributed by atoms with E-state index in [1.54, 1.807) is 0 Å². The van der Waals surface area contributed by atoms with Crippen molar-refractivity contribution in [3.63, 3.8) is 0 Å². The summed E-state index contributed by atoms with van der Waals surface area (Å²) in [5, 5.41) is 3.58. The zero-order valence-corrected chi connectivity index (χ0v) is 21.8. The van der Waals surface area contributed by atoms with E-state index in [-0.39, 0.29) is 10.8 Å². The summed E-state index contributed by atoms with van der Waals surface area (Å²) in [5.41, 5.74) is 5.50. The largest absolute Gasteiger partial charge is 0.356 e. The third kappa shape index (κ3) is 6.61. The van der Waals surface area contributed by atoms with Crippen LogP contribution in [0.3, 0.4) is 0 Å². The molecule has 0 aliphatic rings. The Kier molecular flexibility index (Phi) is 8.42. The molecule has 0 aliphatic heterocycles. The van der Waals surface area contributed by atoms with E-state index in [0.717, 1.165) is 23.2 Å². The first-order valence-electron chi connectivity index (χ1n) is 12.3. The summed E-state index contributed by atoms with van der Waals surface area (Å²) in [5.74, 6) is 2.77. The van der Waals surface area contributed by atoms with Crippen molar-refractivity contribution in [2.75, 3.05) is 5.32 Å². The van der Waals surface area contributed by atoms with Gasteiger partial charge in [0.25, 0.3) is 0 Å². The van der Waals surface area contributed by atoms with E-state index < -0.39 is 0 Å². The normalized spacial score (nSPS) is 14.7. The van der Waals surface area contributed by atoms with Crippen LogP contribution in [0.5, 0.6) is 0 Å². The molecule has 2 rings (SSSR count). The number of nitrogens with one attached hydrogen (secondary N) is 1. The molecule has 0 saturated carbocycles. The molecule has 0 amide bonds. The van der Waals surface area contributed by atoms with Crippen molar-refractivity contribution in [1.29, 1.82) is 0 Å². The van der Waals surface area contributed by atoms with Gasteiger partial charge in [-0.05, 0) is 82.7 Å². The van der Waals surface area contributed by atoms with Crippen LogP contribution in [0.1, 0.15) is 93.2 Å². The number of benzene rings is 2. The lowest BCUT2D eigenvalue weighted by atomic mass is 9.71. The Balaban J connectivity index is 2.09. The SMILES string of the molecule is CC(C)CC(C)C(C)(C)c1ccc(Nc2ccc(C(C)(C)C(C)CC(C)C)cc2)cc1. The van der Waals surface area contributed by atoms with Gasteiger partial charge in [0.05, 0.1) is 0 Å². The molecule has 0 fully saturated rings. The van der Waals surface area contributed by atoms with E-state index in [0.29, 0.717) is 11.8 Å². The Labute approximate surface area is 193 Å². The summed E-state index contributed by atoms with van der Waals surface area (Å²) in [7, 11) is 0. The summed E-state index contributed by atoms with van der Waals surface area (Å²) in [6.45, 7) is 23.6. The first kappa shape index (κ1) is 25.5. The molecule has 0 aromatic heterocycles. The van der Waals surface area contributed by atoms with E-state index in [1.165, 1.54) is 24.0 Å². The highest BCUT2D eigenvalue weighted by Gasteiger charge is 2.29. The fraction of sp³-hybridized carbons (Fsp3) is 0.600. The monoisotopic (exact) mass is 421 g/mol. The van der Waals surface area contributed by atoms with Gasteiger partial charge < -0.3 is 5.32 Å². The maximum absolute atomic E-state index is 3.58. The first-order chi connectivity index (χ1) is 14.3. The molecule has 2 aromatic carbocycles. The lowest BCUT2D eigenvalue weighted by Gasteiger charge is -2.34. The Morgan fingerprint density at radius 2 is 0.839 bits per heavy atom. The van der Waals surface area contributed by atoms with Gasteiger partial charge >= 0.3 is 0 Å². The van der Waals surface area contributed by atoms with Crippen molar-refractivity contribution in [3.8, 4) is 0 Å². The van der Waals surface area contributed by atoms with Crippen LogP contribution >= 0.6 is 0 Å².